The molecule has 2 fully saturated rings. The molecule has 1 unspecified atom stereocenters. The molecule has 0 bridgehead atoms. The first kappa shape index (κ1) is 17.8. The molecular formula is C21H31N3O2. The minimum absolute atomic E-state index is 0.420. The van der Waals surface area contributed by atoms with Gasteiger partial charge in [-0.25, -0.2) is 0 Å². The smallest absolute Gasteiger partial charge is 0.119 e. The van der Waals surface area contributed by atoms with Crippen molar-refractivity contribution in [3.8, 4) is 5.75 Å². The van der Waals surface area contributed by atoms with Crippen LogP contribution in [0.3, 0.4) is 0 Å². The molecule has 0 saturated carbocycles. The molecule has 1 aromatic heterocycles. The summed E-state index contributed by atoms with van der Waals surface area (Å²) in [6.45, 7) is 6.47. The summed E-state index contributed by atoms with van der Waals surface area (Å²) >= 11 is 0. The number of aromatic nitrogens is 1. The third-order valence-electron chi connectivity index (χ3n) is 6.52. The van der Waals surface area contributed by atoms with E-state index < -0.39 is 0 Å². The van der Waals surface area contributed by atoms with Crippen molar-refractivity contribution < 1.29 is 9.47 Å². The zero-order valence-corrected chi connectivity index (χ0v) is 16.3. The van der Waals surface area contributed by atoms with Crippen LogP contribution in [-0.4, -0.2) is 56.5 Å². The Kier molecular flexibility index (Phi) is 4.95. The Balaban J connectivity index is 1.58. The molecule has 2 aliphatic rings. The average molecular weight is 357 g/mol. The SMILES string of the molecule is COCC1CN(Cc2cn(C)c3ccc(OC)cc23)CC12CCNCC2. The van der Waals surface area contributed by atoms with E-state index >= 15 is 0 Å². The van der Waals surface area contributed by atoms with Gasteiger partial charge in [-0.3, -0.25) is 4.90 Å². The lowest BCUT2D eigenvalue weighted by molar-refractivity contribution is 0.0716. The number of hydrogen-bond acceptors (Lipinski definition) is 4. The fraction of sp³-hybridized carbons (Fsp3) is 0.619. The van der Waals surface area contributed by atoms with Crippen LogP contribution >= 0.6 is 0 Å². The van der Waals surface area contributed by atoms with Gasteiger partial charge in [0.15, 0.2) is 0 Å². The van der Waals surface area contributed by atoms with Gasteiger partial charge in [0.2, 0.25) is 0 Å². The molecule has 0 aliphatic carbocycles. The second kappa shape index (κ2) is 7.22. The number of ether oxygens (including phenoxy) is 2. The Hall–Kier alpha value is -1.56. The quantitative estimate of drug-likeness (QED) is 0.893. The summed E-state index contributed by atoms with van der Waals surface area (Å²) < 4.78 is 13.3. The minimum atomic E-state index is 0.420. The first-order valence-electron chi connectivity index (χ1n) is 9.69. The van der Waals surface area contributed by atoms with Crippen molar-refractivity contribution in [1.29, 1.82) is 0 Å². The summed E-state index contributed by atoms with van der Waals surface area (Å²) in [6.07, 6.45) is 4.81. The summed E-state index contributed by atoms with van der Waals surface area (Å²) in [6, 6.07) is 6.37. The number of piperidine rings is 1. The van der Waals surface area contributed by atoms with Gasteiger partial charge >= 0.3 is 0 Å². The van der Waals surface area contributed by atoms with Crippen LogP contribution in [0.25, 0.3) is 10.9 Å². The largest absolute Gasteiger partial charge is 0.497 e. The number of hydrogen-bond donors (Lipinski definition) is 1. The summed E-state index contributed by atoms with van der Waals surface area (Å²) in [5.74, 6) is 1.57. The maximum atomic E-state index is 5.59. The highest BCUT2D eigenvalue weighted by atomic mass is 16.5. The fourth-order valence-electron chi connectivity index (χ4n) is 5.13. The van der Waals surface area contributed by atoms with Crippen molar-refractivity contribution in [3.05, 3.63) is 30.0 Å². The number of likely N-dealkylation sites (tertiary alicyclic amines) is 1. The van der Waals surface area contributed by atoms with Gasteiger partial charge < -0.3 is 19.4 Å². The Morgan fingerprint density at radius 2 is 2.04 bits per heavy atom. The highest BCUT2D eigenvalue weighted by Gasteiger charge is 2.46. The van der Waals surface area contributed by atoms with E-state index in [1.165, 1.54) is 35.9 Å². The molecule has 5 heteroatoms. The predicted molar refractivity (Wildman–Crippen MR) is 105 cm³/mol. The van der Waals surface area contributed by atoms with Crippen molar-refractivity contribution in [2.75, 3.05) is 47.0 Å². The Labute approximate surface area is 156 Å². The monoisotopic (exact) mass is 357 g/mol. The van der Waals surface area contributed by atoms with Crippen molar-refractivity contribution in [1.82, 2.24) is 14.8 Å². The Morgan fingerprint density at radius 1 is 1.23 bits per heavy atom. The molecular weight excluding hydrogens is 326 g/mol. The minimum Gasteiger partial charge on any atom is -0.497 e. The lowest BCUT2D eigenvalue weighted by Crippen LogP contribution is -2.43. The molecule has 3 heterocycles. The molecule has 142 valence electrons. The van der Waals surface area contributed by atoms with E-state index in [9.17, 15) is 0 Å². The number of fused-ring (bicyclic) bond motifs is 1. The number of benzene rings is 1. The van der Waals surface area contributed by atoms with Crippen molar-refractivity contribution in [2.24, 2.45) is 18.4 Å². The highest BCUT2D eigenvalue weighted by molar-refractivity contribution is 5.85. The summed E-state index contributed by atoms with van der Waals surface area (Å²) in [5.41, 5.74) is 3.08. The van der Waals surface area contributed by atoms with Crippen LogP contribution < -0.4 is 10.1 Å². The molecule has 0 amide bonds. The van der Waals surface area contributed by atoms with Crippen LogP contribution in [-0.2, 0) is 18.3 Å². The van der Waals surface area contributed by atoms with Gasteiger partial charge in [-0.1, -0.05) is 0 Å². The first-order chi connectivity index (χ1) is 12.6. The van der Waals surface area contributed by atoms with Gasteiger partial charge in [-0.15, -0.1) is 0 Å². The van der Waals surface area contributed by atoms with E-state index in [0.717, 1.165) is 38.5 Å². The topological polar surface area (TPSA) is 38.7 Å². The normalized spacial score (nSPS) is 23.1. The molecule has 1 atom stereocenters. The van der Waals surface area contributed by atoms with E-state index in [0.29, 0.717) is 11.3 Å². The van der Waals surface area contributed by atoms with Gasteiger partial charge in [0.25, 0.3) is 0 Å². The second-order valence-corrected chi connectivity index (χ2v) is 8.08. The number of aryl methyl sites for hydroxylation is 1. The molecule has 2 aromatic rings. The molecule has 5 nitrogen and oxygen atoms in total. The second-order valence-electron chi connectivity index (χ2n) is 8.08. The first-order valence-corrected chi connectivity index (χ1v) is 9.69. The lowest BCUT2D eigenvalue weighted by Gasteiger charge is -2.38. The summed E-state index contributed by atoms with van der Waals surface area (Å²) in [4.78, 5) is 2.64. The Morgan fingerprint density at radius 3 is 2.77 bits per heavy atom. The van der Waals surface area contributed by atoms with Gasteiger partial charge in [0.1, 0.15) is 5.75 Å². The van der Waals surface area contributed by atoms with E-state index in [-0.39, 0.29) is 0 Å². The van der Waals surface area contributed by atoms with Crippen LogP contribution in [0.4, 0.5) is 0 Å². The number of nitrogens with one attached hydrogen (secondary N) is 1. The predicted octanol–water partition coefficient (Wildman–Crippen LogP) is 2.63. The zero-order valence-electron chi connectivity index (χ0n) is 16.3. The molecule has 0 radical (unpaired) electrons. The van der Waals surface area contributed by atoms with E-state index in [1.54, 1.807) is 7.11 Å². The van der Waals surface area contributed by atoms with Crippen LogP contribution in [0, 0.1) is 11.3 Å². The summed E-state index contributed by atoms with van der Waals surface area (Å²) in [7, 11) is 5.71. The van der Waals surface area contributed by atoms with Crippen molar-refractivity contribution >= 4 is 10.9 Å². The van der Waals surface area contributed by atoms with Crippen LogP contribution in [0.1, 0.15) is 18.4 Å². The van der Waals surface area contributed by atoms with Crippen molar-refractivity contribution in [3.63, 3.8) is 0 Å². The van der Waals surface area contributed by atoms with Gasteiger partial charge in [-0.2, -0.15) is 0 Å². The maximum absolute atomic E-state index is 5.59. The number of methoxy groups -OCH3 is 2. The highest BCUT2D eigenvalue weighted by Crippen LogP contribution is 2.44. The van der Waals surface area contributed by atoms with Crippen LogP contribution in [0.15, 0.2) is 24.4 Å². The molecule has 1 aromatic carbocycles. The number of rotatable bonds is 5. The molecule has 2 aliphatic heterocycles. The molecule has 4 rings (SSSR count). The summed E-state index contributed by atoms with van der Waals surface area (Å²) in [5, 5.41) is 4.83. The standard InChI is InChI=1S/C21H31N3O2/c1-23-11-16(19-10-18(26-3)4-5-20(19)23)12-24-13-17(14-25-2)21(15-24)6-8-22-9-7-21/h4-5,10-11,17,22H,6-9,12-15H2,1-3H3. The zero-order chi connectivity index (χ0) is 18.1. The van der Waals surface area contributed by atoms with Crippen LogP contribution in [0.5, 0.6) is 5.75 Å². The van der Waals surface area contributed by atoms with E-state index in [4.69, 9.17) is 9.47 Å². The third-order valence-corrected chi connectivity index (χ3v) is 6.52. The van der Waals surface area contributed by atoms with Gasteiger partial charge in [-0.05, 0) is 55.1 Å². The van der Waals surface area contributed by atoms with Crippen molar-refractivity contribution in [2.45, 2.75) is 19.4 Å². The third kappa shape index (κ3) is 3.13. The fourth-order valence-corrected chi connectivity index (χ4v) is 5.13. The maximum Gasteiger partial charge on any atom is 0.119 e. The Bertz CT molecular complexity index is 764. The average Bonchev–Trinajstić information content (AvgIpc) is 3.13. The van der Waals surface area contributed by atoms with E-state index in [1.807, 2.05) is 13.2 Å². The molecule has 2 saturated heterocycles. The van der Waals surface area contributed by atoms with Gasteiger partial charge in [0, 0.05) is 56.8 Å². The van der Waals surface area contributed by atoms with Gasteiger partial charge in [0.05, 0.1) is 13.7 Å². The molecule has 26 heavy (non-hydrogen) atoms. The number of nitrogens with zero attached hydrogens (tertiary/aromatic N) is 2. The van der Waals surface area contributed by atoms with E-state index in [2.05, 4.69) is 40.2 Å². The van der Waals surface area contributed by atoms with Crippen LogP contribution in [0.2, 0.25) is 0 Å². The molecule has 1 N–H and O–H groups in total. The lowest BCUT2D eigenvalue weighted by atomic mass is 9.71. The molecule has 1 spiro atoms.